The maximum atomic E-state index is 13.0. The van der Waals surface area contributed by atoms with Crippen molar-refractivity contribution < 1.29 is 49.6 Å². The summed E-state index contributed by atoms with van der Waals surface area (Å²) in [5.41, 5.74) is 0.284. The molecule has 0 N–H and O–H groups in total. The molecule has 0 nitrogen and oxygen atoms in total. The molecule has 7 heteroatoms. The normalized spacial score (nSPS) is 13.4. The Morgan fingerprint density at radius 1 is 0.852 bits per heavy atom. The molecule has 0 aliphatic heterocycles. The molecule has 0 saturated heterocycles. The van der Waals surface area contributed by atoms with E-state index in [9.17, 15) is 26.3 Å². The van der Waals surface area contributed by atoms with Crippen molar-refractivity contribution in [3.63, 3.8) is 0 Å². The zero-order valence-corrected chi connectivity index (χ0v) is 17.5. The van der Waals surface area contributed by atoms with Crippen LogP contribution >= 0.6 is 0 Å². The van der Waals surface area contributed by atoms with Crippen LogP contribution in [0.5, 0.6) is 0 Å². The zero-order chi connectivity index (χ0) is 20.4. The van der Waals surface area contributed by atoms with E-state index in [0.717, 1.165) is 23.3 Å². The summed E-state index contributed by atoms with van der Waals surface area (Å²) in [5.74, 6) is 0. The topological polar surface area (TPSA) is 0 Å². The third-order valence-electron chi connectivity index (χ3n) is 3.96. The summed E-state index contributed by atoms with van der Waals surface area (Å²) in [4.78, 5) is 0. The van der Waals surface area contributed by atoms with Gasteiger partial charge in [-0.25, -0.2) is 0 Å². The number of hydrogen-bond acceptors (Lipinski definition) is 0. The molecule has 0 amide bonds. The molecule has 0 unspecified atom stereocenters. The first kappa shape index (κ1) is 21.9. The summed E-state index contributed by atoms with van der Waals surface area (Å²) in [5, 5.41) is 0. The van der Waals surface area contributed by atoms with Crippen molar-refractivity contribution in [3.05, 3.63) is 64.2 Å². The van der Waals surface area contributed by atoms with E-state index in [4.69, 9.17) is 0 Å². The molecule has 144 valence electrons. The molecule has 27 heavy (non-hydrogen) atoms. The van der Waals surface area contributed by atoms with Gasteiger partial charge in [0.1, 0.15) is 0 Å². The quantitative estimate of drug-likeness (QED) is 0.384. The number of hydrogen-bond donors (Lipinski definition) is 0. The third-order valence-corrected chi connectivity index (χ3v) is 3.96. The molecular weight excluding hydrogens is 445 g/mol. The minimum absolute atomic E-state index is 0.0834. The second-order valence-electron chi connectivity index (χ2n) is 6.34. The number of fused-ring (bicyclic) bond motifs is 1. The van der Waals surface area contributed by atoms with Crippen LogP contribution in [-0.4, -0.2) is 0 Å². The molecule has 0 heterocycles. The van der Waals surface area contributed by atoms with Crippen molar-refractivity contribution in [2.75, 3.05) is 0 Å². The molecule has 0 saturated carbocycles. The fourth-order valence-electron chi connectivity index (χ4n) is 2.90. The average molecular weight is 464 g/mol. The Balaban J connectivity index is 0.000000817. The Morgan fingerprint density at radius 2 is 1.37 bits per heavy atom. The molecule has 2 aromatic rings. The maximum absolute atomic E-state index is 13.0. The molecule has 0 radical (unpaired) electrons. The molecule has 3 rings (SSSR count). The van der Waals surface area contributed by atoms with E-state index in [0.29, 0.717) is 17.5 Å². The van der Waals surface area contributed by atoms with Crippen LogP contribution in [0.1, 0.15) is 29.2 Å². The summed E-state index contributed by atoms with van der Waals surface area (Å²) >= 11 is 0.230. The van der Waals surface area contributed by atoms with Gasteiger partial charge in [0.25, 0.3) is 0 Å². The van der Waals surface area contributed by atoms with Crippen LogP contribution < -0.4 is 0 Å². The second kappa shape index (κ2) is 8.34. The van der Waals surface area contributed by atoms with Crippen LogP contribution in [0.4, 0.5) is 26.3 Å². The van der Waals surface area contributed by atoms with Crippen LogP contribution in [0.25, 0.3) is 17.2 Å². The van der Waals surface area contributed by atoms with Gasteiger partial charge < -0.3 is 0 Å². The van der Waals surface area contributed by atoms with Crippen molar-refractivity contribution in [1.82, 2.24) is 0 Å². The zero-order valence-electron chi connectivity index (χ0n) is 15.0. The van der Waals surface area contributed by atoms with Gasteiger partial charge in [0.05, 0.1) is 11.1 Å². The van der Waals surface area contributed by atoms with Crippen molar-refractivity contribution in [2.24, 2.45) is 0 Å². The summed E-state index contributed by atoms with van der Waals surface area (Å²) in [6.45, 7) is 1.87. The van der Waals surface area contributed by atoms with Gasteiger partial charge >= 0.3 is 44.9 Å². The molecule has 1 aliphatic carbocycles. The van der Waals surface area contributed by atoms with E-state index in [2.05, 4.69) is 9.26 Å². The fraction of sp³-hybridized carbons (Fsp3) is 0.300. The predicted molar refractivity (Wildman–Crippen MR) is 91.0 cm³/mol. The first-order chi connectivity index (χ1) is 12.5. The van der Waals surface area contributed by atoms with Crippen molar-refractivity contribution in [2.45, 2.75) is 35.0 Å². The van der Waals surface area contributed by atoms with E-state index < -0.39 is 23.5 Å². The molecular formula is C20H18F6Zr. The van der Waals surface area contributed by atoms with Gasteiger partial charge in [-0.05, 0) is 53.8 Å². The van der Waals surface area contributed by atoms with Crippen molar-refractivity contribution in [1.29, 1.82) is 0 Å². The predicted octanol–water partition coefficient (Wildman–Crippen LogP) is 7.52. The molecule has 0 atom stereocenters. The Morgan fingerprint density at radius 3 is 1.85 bits per heavy atom. The van der Waals surface area contributed by atoms with E-state index in [1.807, 2.05) is 13.0 Å². The number of allylic oxidation sites excluding steroid dienone is 1. The molecule has 2 aromatic carbocycles. The van der Waals surface area contributed by atoms with Crippen LogP contribution in [0.2, 0.25) is 9.26 Å². The summed E-state index contributed by atoms with van der Waals surface area (Å²) in [6.07, 6.45) is -7.24. The summed E-state index contributed by atoms with van der Waals surface area (Å²) in [7, 11) is 0. The average Bonchev–Trinajstić information content (AvgIpc) is 2.93. The molecule has 0 fully saturated rings. The van der Waals surface area contributed by atoms with Crippen molar-refractivity contribution >= 4 is 6.08 Å². The molecule has 0 spiro atoms. The van der Waals surface area contributed by atoms with E-state index in [-0.39, 0.29) is 34.9 Å². The van der Waals surface area contributed by atoms with E-state index in [1.54, 1.807) is 18.2 Å². The van der Waals surface area contributed by atoms with Crippen LogP contribution in [0.15, 0.2) is 42.0 Å². The van der Waals surface area contributed by atoms with Gasteiger partial charge in [-0.3, -0.25) is 0 Å². The number of halogens is 6. The monoisotopic (exact) mass is 462 g/mol. The van der Waals surface area contributed by atoms with E-state index in [1.165, 1.54) is 0 Å². The molecule has 0 aromatic heterocycles. The second-order valence-corrected chi connectivity index (χ2v) is 8.80. The van der Waals surface area contributed by atoms with Gasteiger partial charge in [0.2, 0.25) is 0 Å². The third kappa shape index (κ3) is 5.34. The number of alkyl halides is 6. The Labute approximate surface area is 165 Å². The summed E-state index contributed by atoms with van der Waals surface area (Å²) in [6, 6.07) is 6.70. The van der Waals surface area contributed by atoms with Crippen LogP contribution in [-0.2, 0) is 42.0 Å². The van der Waals surface area contributed by atoms with Crippen LogP contribution in [0.3, 0.4) is 0 Å². The van der Waals surface area contributed by atoms with Gasteiger partial charge in [0.15, 0.2) is 0 Å². The number of rotatable bonds is 1. The minimum atomic E-state index is -4.85. The Hall–Kier alpha value is -1.36. The molecule has 0 bridgehead atoms. The number of benzene rings is 2. The first-order valence-corrected chi connectivity index (χ1v) is 13.1. The van der Waals surface area contributed by atoms with Gasteiger partial charge in [-0.1, -0.05) is 29.8 Å². The fourth-order valence-corrected chi connectivity index (χ4v) is 2.90. The first-order valence-electron chi connectivity index (χ1n) is 8.14. The Kier molecular flexibility index (Phi) is 6.78. The van der Waals surface area contributed by atoms with Gasteiger partial charge in [0, 0.05) is 0 Å². The van der Waals surface area contributed by atoms with Crippen molar-refractivity contribution in [3.8, 4) is 11.1 Å². The van der Waals surface area contributed by atoms with Gasteiger partial charge in [-0.15, -0.1) is 0 Å². The SMILES string of the molecule is CC1=Cc2c(cccc2-c2cc(C(F)(F)F)cc(C(F)(F)F)c2)C1.[CH3][Zr][CH3]. The van der Waals surface area contributed by atoms with Gasteiger partial charge in [-0.2, -0.15) is 26.3 Å². The van der Waals surface area contributed by atoms with Crippen LogP contribution in [0, 0.1) is 0 Å². The molecule has 1 aliphatic rings. The standard InChI is InChI=1S/C18H12F6.2CH3.Zr/c1-10-5-11-3-2-4-15(16(11)6-10)12-7-13(17(19,20)21)9-14(8-12)18(22,23)24;;;/h2-4,6-9H,5H2,1H3;2*1H3;. The Bertz CT molecular complexity index is 814. The van der Waals surface area contributed by atoms with E-state index >= 15 is 0 Å². The summed E-state index contributed by atoms with van der Waals surface area (Å²) < 4.78 is 82.6.